The van der Waals surface area contributed by atoms with Crippen LogP contribution in [0.4, 0.5) is 0 Å². The number of hydrogen-bond donors (Lipinski definition) is 2. The zero-order chi connectivity index (χ0) is 9.14. The molecule has 0 aliphatic carbocycles. The molecule has 1 heterocycles. The van der Waals surface area contributed by atoms with Crippen LogP contribution >= 0.6 is 0 Å². The molecular weight excluding hydrogens is 156 g/mol. The molecule has 1 rings (SSSR count). The average molecular weight is 168 g/mol. The fourth-order valence-electron chi connectivity index (χ4n) is 0.938. The first kappa shape index (κ1) is 8.80. The van der Waals surface area contributed by atoms with Gasteiger partial charge in [0.05, 0.1) is 0 Å². The molecule has 1 aromatic rings. The highest BCUT2D eigenvalue weighted by Crippen LogP contribution is 1.99. The molecule has 0 spiro atoms. The Morgan fingerprint density at radius 2 is 2.25 bits per heavy atom. The summed E-state index contributed by atoms with van der Waals surface area (Å²) in [6.45, 7) is 0.662. The monoisotopic (exact) mass is 168 g/mol. The van der Waals surface area contributed by atoms with E-state index in [0.717, 1.165) is 5.69 Å². The number of aromatic nitrogens is 1. The number of H-pyrrole nitrogens is 1. The number of aromatic amines is 1. The van der Waals surface area contributed by atoms with Gasteiger partial charge < -0.3 is 15.0 Å². The van der Waals surface area contributed by atoms with Crippen molar-refractivity contribution >= 4 is 0 Å². The van der Waals surface area contributed by atoms with Gasteiger partial charge in [-0.15, -0.1) is 0 Å². The molecular formula is C8H12N2O2. The van der Waals surface area contributed by atoms with Crippen molar-refractivity contribution in [3.8, 4) is 5.75 Å². The normalized spacial score (nSPS) is 10.6. The van der Waals surface area contributed by atoms with Crippen molar-refractivity contribution in [3.63, 3.8) is 0 Å². The van der Waals surface area contributed by atoms with Crippen LogP contribution in [0.5, 0.6) is 5.75 Å². The molecule has 2 N–H and O–H groups in total. The van der Waals surface area contributed by atoms with Crippen LogP contribution in [0.2, 0.25) is 0 Å². The largest absolute Gasteiger partial charge is 0.503 e. The van der Waals surface area contributed by atoms with E-state index in [9.17, 15) is 4.79 Å². The van der Waals surface area contributed by atoms with Crippen LogP contribution in [0.25, 0.3) is 0 Å². The second-order valence-electron chi connectivity index (χ2n) is 2.95. The van der Waals surface area contributed by atoms with Crippen molar-refractivity contribution in [3.05, 3.63) is 28.2 Å². The molecule has 0 unspecified atom stereocenters. The number of nitrogens with zero attached hydrogens (tertiary/aromatic N) is 1. The van der Waals surface area contributed by atoms with Crippen LogP contribution in [0.3, 0.4) is 0 Å². The molecule has 1 aromatic heterocycles. The number of aromatic hydroxyl groups is 1. The van der Waals surface area contributed by atoms with E-state index in [2.05, 4.69) is 4.98 Å². The molecule has 0 radical (unpaired) electrons. The third kappa shape index (κ3) is 2.10. The van der Waals surface area contributed by atoms with E-state index in [1.54, 1.807) is 0 Å². The molecule has 0 bridgehead atoms. The van der Waals surface area contributed by atoms with Crippen molar-refractivity contribution in [1.29, 1.82) is 0 Å². The van der Waals surface area contributed by atoms with Crippen molar-refractivity contribution in [2.75, 3.05) is 14.1 Å². The maximum atomic E-state index is 10.9. The molecule has 0 amide bonds. The van der Waals surface area contributed by atoms with Gasteiger partial charge in [0.2, 0.25) is 5.43 Å². The predicted molar refractivity (Wildman–Crippen MR) is 46.1 cm³/mol. The first-order chi connectivity index (χ1) is 5.59. The summed E-state index contributed by atoms with van der Waals surface area (Å²) in [4.78, 5) is 15.7. The summed E-state index contributed by atoms with van der Waals surface area (Å²) in [6, 6.07) is 1.40. The van der Waals surface area contributed by atoms with Crippen molar-refractivity contribution in [2.45, 2.75) is 6.54 Å². The molecule has 0 aromatic carbocycles. The van der Waals surface area contributed by atoms with Gasteiger partial charge in [-0.25, -0.2) is 0 Å². The van der Waals surface area contributed by atoms with Crippen LogP contribution in [-0.4, -0.2) is 29.1 Å². The standard InChI is InChI=1S/C8H12N2O2/c1-10(2)5-6-3-7(11)8(12)4-9-6/h3-4,12H,5H2,1-2H3,(H,9,11). The van der Waals surface area contributed by atoms with Crippen molar-refractivity contribution < 1.29 is 5.11 Å². The first-order valence-electron chi connectivity index (χ1n) is 3.65. The van der Waals surface area contributed by atoms with Gasteiger partial charge in [-0.3, -0.25) is 4.79 Å². The van der Waals surface area contributed by atoms with Gasteiger partial charge in [-0.2, -0.15) is 0 Å². The lowest BCUT2D eigenvalue weighted by atomic mass is 10.3. The Labute approximate surface area is 70.5 Å². The Morgan fingerprint density at radius 1 is 1.58 bits per heavy atom. The zero-order valence-electron chi connectivity index (χ0n) is 7.16. The van der Waals surface area contributed by atoms with Gasteiger partial charge in [-0.05, 0) is 14.1 Å². The number of pyridine rings is 1. The Bertz CT molecular complexity index is 317. The maximum absolute atomic E-state index is 10.9. The van der Waals surface area contributed by atoms with Gasteiger partial charge in [0.1, 0.15) is 0 Å². The summed E-state index contributed by atoms with van der Waals surface area (Å²) in [5.41, 5.74) is 0.452. The van der Waals surface area contributed by atoms with Gasteiger partial charge in [0.25, 0.3) is 0 Å². The van der Waals surface area contributed by atoms with Crippen LogP contribution < -0.4 is 5.43 Å². The van der Waals surface area contributed by atoms with Crippen LogP contribution in [0.15, 0.2) is 17.1 Å². The quantitative estimate of drug-likeness (QED) is 0.660. The lowest BCUT2D eigenvalue weighted by Gasteiger charge is -2.08. The minimum atomic E-state index is -0.342. The Balaban J connectivity index is 2.90. The van der Waals surface area contributed by atoms with Gasteiger partial charge in [0, 0.05) is 24.5 Å². The van der Waals surface area contributed by atoms with Gasteiger partial charge in [-0.1, -0.05) is 0 Å². The van der Waals surface area contributed by atoms with Crippen LogP contribution in [0.1, 0.15) is 5.69 Å². The Morgan fingerprint density at radius 3 is 2.75 bits per heavy atom. The maximum Gasteiger partial charge on any atom is 0.223 e. The van der Waals surface area contributed by atoms with Gasteiger partial charge in [0.15, 0.2) is 5.75 Å². The van der Waals surface area contributed by atoms with Crippen molar-refractivity contribution in [1.82, 2.24) is 9.88 Å². The van der Waals surface area contributed by atoms with E-state index in [4.69, 9.17) is 5.11 Å². The summed E-state index contributed by atoms with van der Waals surface area (Å²) >= 11 is 0. The zero-order valence-corrected chi connectivity index (χ0v) is 7.16. The molecule has 0 aliphatic heterocycles. The van der Waals surface area contributed by atoms with Crippen LogP contribution in [0, 0.1) is 0 Å². The molecule has 0 atom stereocenters. The summed E-state index contributed by atoms with van der Waals surface area (Å²) in [7, 11) is 3.82. The second kappa shape index (κ2) is 3.40. The molecule has 4 heteroatoms. The van der Waals surface area contributed by atoms with E-state index in [1.165, 1.54) is 12.3 Å². The summed E-state index contributed by atoms with van der Waals surface area (Å²) in [6.07, 6.45) is 1.31. The summed E-state index contributed by atoms with van der Waals surface area (Å²) < 4.78 is 0. The van der Waals surface area contributed by atoms with E-state index in [1.807, 2.05) is 19.0 Å². The molecule has 12 heavy (non-hydrogen) atoms. The average Bonchev–Trinajstić information content (AvgIpc) is 1.96. The van der Waals surface area contributed by atoms with E-state index < -0.39 is 0 Å². The highest BCUT2D eigenvalue weighted by atomic mass is 16.3. The van der Waals surface area contributed by atoms with E-state index >= 15 is 0 Å². The predicted octanol–water partition coefficient (Wildman–Crippen LogP) is 0.142. The molecule has 0 fully saturated rings. The molecule has 0 saturated carbocycles. The van der Waals surface area contributed by atoms with E-state index in [-0.39, 0.29) is 11.2 Å². The Kier molecular flexibility index (Phi) is 2.50. The third-order valence-corrected chi connectivity index (χ3v) is 1.44. The van der Waals surface area contributed by atoms with E-state index in [0.29, 0.717) is 6.54 Å². The van der Waals surface area contributed by atoms with Crippen molar-refractivity contribution in [2.24, 2.45) is 0 Å². The second-order valence-corrected chi connectivity index (χ2v) is 2.95. The number of hydrogen-bond acceptors (Lipinski definition) is 3. The third-order valence-electron chi connectivity index (χ3n) is 1.44. The SMILES string of the molecule is CN(C)Cc1cc(=O)c(O)c[nH]1. The van der Waals surface area contributed by atoms with Crippen LogP contribution in [-0.2, 0) is 6.54 Å². The smallest absolute Gasteiger partial charge is 0.223 e. The summed E-state index contributed by atoms with van der Waals surface area (Å²) in [5, 5.41) is 8.92. The highest BCUT2D eigenvalue weighted by Gasteiger charge is 1.99. The lowest BCUT2D eigenvalue weighted by molar-refractivity contribution is 0.395. The molecule has 66 valence electrons. The van der Waals surface area contributed by atoms with Gasteiger partial charge >= 0.3 is 0 Å². The molecule has 0 aliphatic rings. The summed E-state index contributed by atoms with van der Waals surface area (Å²) in [5.74, 6) is -0.238. The fourth-order valence-corrected chi connectivity index (χ4v) is 0.938. The molecule has 0 saturated heterocycles. The topological polar surface area (TPSA) is 56.3 Å². The minimum absolute atomic E-state index is 0.238. The lowest BCUT2D eigenvalue weighted by Crippen LogP contribution is -2.14. The number of rotatable bonds is 2. The minimum Gasteiger partial charge on any atom is -0.503 e. The first-order valence-corrected chi connectivity index (χ1v) is 3.65. The fraction of sp³-hybridized carbons (Fsp3) is 0.375. The number of nitrogens with one attached hydrogen (secondary N) is 1. The Hall–Kier alpha value is -1.29. The molecule has 4 nitrogen and oxygen atoms in total. The highest BCUT2D eigenvalue weighted by molar-refractivity contribution is 5.18.